The second-order valence-corrected chi connectivity index (χ2v) is 6.64. The highest BCUT2D eigenvalue weighted by Crippen LogP contribution is 2.22. The summed E-state index contributed by atoms with van der Waals surface area (Å²) < 4.78 is 26.8. The van der Waals surface area contributed by atoms with Crippen LogP contribution in [-0.2, 0) is 22.2 Å². The fourth-order valence-corrected chi connectivity index (χ4v) is 3.36. The third-order valence-corrected chi connectivity index (χ3v) is 4.53. The first kappa shape index (κ1) is 14.9. The van der Waals surface area contributed by atoms with Crippen LogP contribution in [0.3, 0.4) is 0 Å². The second-order valence-electron chi connectivity index (χ2n) is 4.51. The maximum atomic E-state index is 12.1. The molecule has 0 saturated heterocycles. The lowest BCUT2D eigenvalue weighted by Crippen LogP contribution is -2.15. The van der Waals surface area contributed by atoms with E-state index in [9.17, 15) is 8.42 Å². The van der Waals surface area contributed by atoms with Crippen LogP contribution >= 0.6 is 11.6 Å². The molecular formula is C15H16ClNO2S. The molecule has 5 heteroatoms. The minimum Gasteiger partial charge on any atom is -0.283 e. The molecule has 2 aromatic rings. The van der Waals surface area contributed by atoms with Gasteiger partial charge in [0.05, 0.1) is 5.75 Å². The van der Waals surface area contributed by atoms with Crippen molar-refractivity contribution in [2.45, 2.75) is 19.1 Å². The molecule has 0 aliphatic heterocycles. The van der Waals surface area contributed by atoms with E-state index in [4.69, 9.17) is 11.6 Å². The summed E-state index contributed by atoms with van der Waals surface area (Å²) in [6.07, 6.45) is 0.757. The van der Waals surface area contributed by atoms with Crippen LogP contribution in [0.5, 0.6) is 0 Å². The molecule has 0 bridgehead atoms. The van der Waals surface area contributed by atoms with Crippen LogP contribution in [0.4, 0.5) is 5.69 Å². The smallest absolute Gasteiger partial charge is 0.236 e. The maximum absolute atomic E-state index is 12.1. The maximum Gasteiger partial charge on any atom is 0.236 e. The van der Waals surface area contributed by atoms with Gasteiger partial charge in [0.1, 0.15) is 0 Å². The van der Waals surface area contributed by atoms with Gasteiger partial charge < -0.3 is 0 Å². The Balaban J connectivity index is 2.16. The van der Waals surface area contributed by atoms with E-state index < -0.39 is 10.0 Å². The summed E-state index contributed by atoms with van der Waals surface area (Å²) in [6, 6.07) is 14.2. The minimum absolute atomic E-state index is 0.0437. The van der Waals surface area contributed by atoms with Gasteiger partial charge in [0.15, 0.2) is 0 Å². The van der Waals surface area contributed by atoms with Gasteiger partial charge in [-0.2, -0.15) is 0 Å². The quantitative estimate of drug-likeness (QED) is 0.912. The SMILES string of the molecule is CCc1cc(NS(=O)(=O)Cc2ccccc2)ccc1Cl. The highest BCUT2D eigenvalue weighted by Gasteiger charge is 2.12. The van der Waals surface area contributed by atoms with Crippen molar-refractivity contribution in [3.05, 3.63) is 64.7 Å². The standard InChI is InChI=1S/C15H16ClNO2S/c1-2-13-10-14(8-9-15(13)16)17-20(18,19)11-12-6-4-3-5-7-12/h3-10,17H,2,11H2,1H3. The van der Waals surface area contributed by atoms with Crippen molar-refractivity contribution in [3.63, 3.8) is 0 Å². The molecule has 20 heavy (non-hydrogen) atoms. The van der Waals surface area contributed by atoms with Crippen LogP contribution < -0.4 is 4.72 Å². The van der Waals surface area contributed by atoms with Crippen LogP contribution in [0.1, 0.15) is 18.1 Å². The molecule has 0 aromatic heterocycles. The molecule has 0 aliphatic carbocycles. The predicted octanol–water partition coefficient (Wildman–Crippen LogP) is 3.84. The molecule has 1 N–H and O–H groups in total. The number of rotatable bonds is 5. The van der Waals surface area contributed by atoms with E-state index >= 15 is 0 Å². The van der Waals surface area contributed by atoms with Crippen LogP contribution in [0.15, 0.2) is 48.5 Å². The lowest BCUT2D eigenvalue weighted by atomic mass is 10.1. The van der Waals surface area contributed by atoms with Crippen LogP contribution in [0.2, 0.25) is 5.02 Å². The van der Waals surface area contributed by atoms with Crippen molar-refractivity contribution < 1.29 is 8.42 Å². The average Bonchev–Trinajstić information content (AvgIpc) is 2.41. The van der Waals surface area contributed by atoms with Gasteiger partial charge in [0, 0.05) is 10.7 Å². The Morgan fingerprint density at radius 1 is 1.10 bits per heavy atom. The molecule has 3 nitrogen and oxygen atoms in total. The van der Waals surface area contributed by atoms with Crippen molar-refractivity contribution in [2.24, 2.45) is 0 Å². The summed E-state index contributed by atoms with van der Waals surface area (Å²) in [4.78, 5) is 0. The summed E-state index contributed by atoms with van der Waals surface area (Å²) in [7, 11) is -3.42. The van der Waals surface area contributed by atoms with Gasteiger partial charge in [0.2, 0.25) is 10.0 Å². The van der Waals surface area contributed by atoms with Crippen molar-refractivity contribution >= 4 is 27.3 Å². The van der Waals surface area contributed by atoms with E-state index in [1.54, 1.807) is 30.3 Å². The average molecular weight is 310 g/mol. The molecule has 0 atom stereocenters. The number of benzene rings is 2. The van der Waals surface area contributed by atoms with Crippen molar-refractivity contribution in [1.29, 1.82) is 0 Å². The number of nitrogens with one attached hydrogen (secondary N) is 1. The van der Waals surface area contributed by atoms with Gasteiger partial charge in [-0.15, -0.1) is 0 Å². The van der Waals surface area contributed by atoms with Gasteiger partial charge in [-0.1, -0.05) is 48.9 Å². The number of sulfonamides is 1. The highest BCUT2D eigenvalue weighted by molar-refractivity contribution is 7.91. The molecule has 0 heterocycles. The number of hydrogen-bond donors (Lipinski definition) is 1. The third kappa shape index (κ3) is 3.99. The molecular weight excluding hydrogens is 294 g/mol. The molecule has 0 unspecified atom stereocenters. The largest absolute Gasteiger partial charge is 0.283 e. The van der Waals surface area contributed by atoms with Crippen LogP contribution in [-0.4, -0.2) is 8.42 Å². The van der Waals surface area contributed by atoms with Crippen LogP contribution in [0.25, 0.3) is 0 Å². The van der Waals surface area contributed by atoms with E-state index in [-0.39, 0.29) is 5.75 Å². The first-order valence-electron chi connectivity index (χ1n) is 6.33. The normalized spacial score (nSPS) is 11.3. The Hall–Kier alpha value is -1.52. The summed E-state index contributed by atoms with van der Waals surface area (Å²) in [5.74, 6) is -0.0437. The Labute approximate surface area is 124 Å². The molecule has 0 fully saturated rings. The monoisotopic (exact) mass is 309 g/mol. The van der Waals surface area contributed by atoms with Gasteiger partial charge >= 0.3 is 0 Å². The predicted molar refractivity (Wildman–Crippen MR) is 83.5 cm³/mol. The zero-order chi connectivity index (χ0) is 14.6. The minimum atomic E-state index is -3.42. The number of hydrogen-bond acceptors (Lipinski definition) is 2. The summed E-state index contributed by atoms with van der Waals surface area (Å²) in [5, 5.41) is 0.651. The Morgan fingerprint density at radius 3 is 2.45 bits per heavy atom. The number of halogens is 1. The van der Waals surface area contributed by atoms with E-state index in [0.717, 1.165) is 17.5 Å². The Morgan fingerprint density at radius 2 is 1.80 bits per heavy atom. The molecule has 0 saturated carbocycles. The van der Waals surface area contributed by atoms with E-state index in [2.05, 4.69) is 4.72 Å². The molecule has 0 radical (unpaired) electrons. The summed E-state index contributed by atoms with van der Waals surface area (Å²) in [5.41, 5.74) is 2.22. The van der Waals surface area contributed by atoms with Gasteiger partial charge in [-0.3, -0.25) is 4.72 Å². The van der Waals surface area contributed by atoms with E-state index in [0.29, 0.717) is 10.7 Å². The lowest BCUT2D eigenvalue weighted by Gasteiger charge is -2.10. The first-order valence-corrected chi connectivity index (χ1v) is 8.36. The first-order chi connectivity index (χ1) is 9.50. The Bertz CT molecular complexity index is 684. The topological polar surface area (TPSA) is 46.2 Å². The van der Waals surface area contributed by atoms with E-state index in [1.807, 2.05) is 25.1 Å². The van der Waals surface area contributed by atoms with Crippen molar-refractivity contribution in [3.8, 4) is 0 Å². The van der Waals surface area contributed by atoms with Gasteiger partial charge in [-0.05, 0) is 35.7 Å². The molecule has 0 aliphatic rings. The molecule has 106 valence electrons. The molecule has 0 amide bonds. The van der Waals surface area contributed by atoms with Crippen molar-refractivity contribution in [2.75, 3.05) is 4.72 Å². The molecule has 0 spiro atoms. The van der Waals surface area contributed by atoms with Crippen LogP contribution in [0, 0.1) is 0 Å². The highest BCUT2D eigenvalue weighted by atomic mass is 35.5. The molecule has 2 rings (SSSR count). The number of anilines is 1. The zero-order valence-electron chi connectivity index (χ0n) is 11.1. The van der Waals surface area contributed by atoms with Gasteiger partial charge in [-0.25, -0.2) is 8.42 Å². The lowest BCUT2D eigenvalue weighted by molar-refractivity contribution is 0.600. The Kier molecular flexibility index (Phi) is 4.68. The zero-order valence-corrected chi connectivity index (χ0v) is 12.7. The van der Waals surface area contributed by atoms with E-state index in [1.165, 1.54) is 0 Å². The second kappa shape index (κ2) is 6.29. The summed E-state index contributed by atoms with van der Waals surface area (Å²) >= 11 is 6.02. The fraction of sp³-hybridized carbons (Fsp3) is 0.200. The van der Waals surface area contributed by atoms with Crippen molar-refractivity contribution in [1.82, 2.24) is 0 Å². The molecule has 2 aromatic carbocycles. The summed E-state index contributed by atoms with van der Waals surface area (Å²) in [6.45, 7) is 1.98. The van der Waals surface area contributed by atoms with Gasteiger partial charge in [0.25, 0.3) is 0 Å². The number of aryl methyl sites for hydroxylation is 1. The fourth-order valence-electron chi connectivity index (χ4n) is 1.92. The third-order valence-electron chi connectivity index (χ3n) is 2.90.